The van der Waals surface area contributed by atoms with Crippen molar-refractivity contribution in [2.75, 3.05) is 6.61 Å². The molecule has 0 bridgehead atoms. The molecule has 0 aromatic heterocycles. The number of thioether (sulfide) groups is 1. The summed E-state index contributed by atoms with van der Waals surface area (Å²) in [6, 6.07) is 21.1. The quantitative estimate of drug-likeness (QED) is 0.802. The van der Waals surface area contributed by atoms with Crippen molar-refractivity contribution in [2.45, 2.75) is 22.7 Å². The first-order valence-electron chi connectivity index (χ1n) is 6.33. The summed E-state index contributed by atoms with van der Waals surface area (Å²) in [5.74, 6) is 0. The topological polar surface area (TPSA) is 9.23 Å². The van der Waals surface area contributed by atoms with Gasteiger partial charge in [-0.05, 0) is 30.5 Å². The Labute approximate surface area is 112 Å². The zero-order valence-electron chi connectivity index (χ0n) is 10.2. The van der Waals surface area contributed by atoms with Crippen LogP contribution in [0.5, 0.6) is 0 Å². The predicted octanol–water partition coefficient (Wildman–Crippen LogP) is 4.44. The van der Waals surface area contributed by atoms with Gasteiger partial charge < -0.3 is 4.74 Å². The summed E-state index contributed by atoms with van der Waals surface area (Å²) in [4.78, 5) is 1.08. The number of benzene rings is 2. The van der Waals surface area contributed by atoms with E-state index in [0.29, 0.717) is 0 Å². The minimum atomic E-state index is -0.192. The molecular formula is C16H16OS. The molecule has 1 aliphatic rings. The number of hydrogen-bond donors (Lipinski definition) is 0. The van der Waals surface area contributed by atoms with Crippen LogP contribution in [-0.2, 0) is 9.67 Å². The largest absolute Gasteiger partial charge is 0.360 e. The van der Waals surface area contributed by atoms with Crippen molar-refractivity contribution in [3.05, 3.63) is 66.2 Å². The Hall–Kier alpha value is -1.25. The lowest BCUT2D eigenvalue weighted by molar-refractivity contribution is 0.0805. The van der Waals surface area contributed by atoms with Crippen molar-refractivity contribution < 1.29 is 4.74 Å². The molecule has 2 aromatic rings. The molecule has 92 valence electrons. The molecule has 2 heteroatoms. The van der Waals surface area contributed by atoms with Crippen LogP contribution in [0.1, 0.15) is 18.4 Å². The summed E-state index contributed by atoms with van der Waals surface area (Å²) in [7, 11) is 0. The van der Waals surface area contributed by atoms with Gasteiger partial charge in [0.2, 0.25) is 0 Å². The highest BCUT2D eigenvalue weighted by Crippen LogP contribution is 2.48. The van der Waals surface area contributed by atoms with Gasteiger partial charge in [0, 0.05) is 11.5 Å². The Morgan fingerprint density at radius 1 is 0.889 bits per heavy atom. The van der Waals surface area contributed by atoms with Crippen LogP contribution in [0.3, 0.4) is 0 Å². The summed E-state index contributed by atoms with van der Waals surface area (Å²) in [5, 5.41) is 0. The highest BCUT2D eigenvalue weighted by molar-refractivity contribution is 8.00. The van der Waals surface area contributed by atoms with Gasteiger partial charge in [-0.3, -0.25) is 0 Å². The monoisotopic (exact) mass is 256 g/mol. The van der Waals surface area contributed by atoms with Crippen molar-refractivity contribution >= 4 is 11.8 Å². The van der Waals surface area contributed by atoms with E-state index in [-0.39, 0.29) is 4.93 Å². The van der Waals surface area contributed by atoms with E-state index in [2.05, 4.69) is 60.7 Å². The summed E-state index contributed by atoms with van der Waals surface area (Å²) >= 11 is 1.83. The van der Waals surface area contributed by atoms with Gasteiger partial charge in [-0.2, -0.15) is 0 Å². The molecule has 0 N–H and O–H groups in total. The van der Waals surface area contributed by atoms with E-state index in [0.717, 1.165) is 19.4 Å². The summed E-state index contributed by atoms with van der Waals surface area (Å²) in [6.45, 7) is 0.856. The third kappa shape index (κ3) is 2.31. The van der Waals surface area contributed by atoms with Crippen molar-refractivity contribution in [1.82, 2.24) is 0 Å². The molecule has 1 fully saturated rings. The third-order valence-electron chi connectivity index (χ3n) is 3.22. The van der Waals surface area contributed by atoms with E-state index in [1.54, 1.807) is 0 Å². The molecule has 3 rings (SSSR count). The van der Waals surface area contributed by atoms with Crippen LogP contribution in [0.15, 0.2) is 65.6 Å². The first-order valence-corrected chi connectivity index (χ1v) is 7.14. The molecule has 0 amide bonds. The van der Waals surface area contributed by atoms with Gasteiger partial charge in [0.25, 0.3) is 0 Å². The standard InChI is InChI=1S/C16H16OS/c1-3-8-14(9-4-1)16(12-7-13-17-16)18-15-10-5-2-6-11-15/h1-6,8-11H,7,12-13H2. The van der Waals surface area contributed by atoms with Crippen LogP contribution in [0, 0.1) is 0 Å². The fourth-order valence-corrected chi connectivity index (χ4v) is 3.67. The molecule has 1 saturated heterocycles. The van der Waals surface area contributed by atoms with E-state index in [4.69, 9.17) is 4.74 Å². The van der Waals surface area contributed by atoms with Crippen molar-refractivity contribution in [3.63, 3.8) is 0 Å². The van der Waals surface area contributed by atoms with E-state index in [1.165, 1.54) is 10.5 Å². The molecular weight excluding hydrogens is 240 g/mol. The molecule has 0 radical (unpaired) electrons. The van der Waals surface area contributed by atoms with Gasteiger partial charge in [0.1, 0.15) is 4.93 Å². The van der Waals surface area contributed by atoms with Crippen LogP contribution in [0.4, 0.5) is 0 Å². The van der Waals surface area contributed by atoms with Gasteiger partial charge in [-0.15, -0.1) is 0 Å². The first-order chi connectivity index (χ1) is 8.89. The number of ether oxygens (including phenoxy) is 1. The average molecular weight is 256 g/mol. The predicted molar refractivity (Wildman–Crippen MR) is 75.6 cm³/mol. The normalized spacial score (nSPS) is 23.1. The molecule has 1 heterocycles. The second-order valence-corrected chi connectivity index (χ2v) is 5.82. The van der Waals surface area contributed by atoms with Crippen molar-refractivity contribution in [3.8, 4) is 0 Å². The maximum absolute atomic E-state index is 6.09. The van der Waals surface area contributed by atoms with Crippen molar-refractivity contribution in [1.29, 1.82) is 0 Å². The van der Waals surface area contributed by atoms with E-state index < -0.39 is 0 Å². The average Bonchev–Trinajstić information content (AvgIpc) is 2.91. The van der Waals surface area contributed by atoms with Gasteiger partial charge >= 0.3 is 0 Å². The zero-order chi connectivity index (χ0) is 12.3. The van der Waals surface area contributed by atoms with Crippen LogP contribution in [0.2, 0.25) is 0 Å². The Balaban J connectivity index is 1.93. The Bertz CT molecular complexity index is 489. The minimum absolute atomic E-state index is 0.192. The maximum atomic E-state index is 6.09. The van der Waals surface area contributed by atoms with E-state index >= 15 is 0 Å². The van der Waals surface area contributed by atoms with Crippen LogP contribution >= 0.6 is 11.8 Å². The fourth-order valence-electron chi connectivity index (χ4n) is 2.35. The van der Waals surface area contributed by atoms with Gasteiger partial charge in [0.05, 0.1) is 0 Å². The SMILES string of the molecule is c1ccc(SC2(c3ccccc3)CCCO2)cc1. The highest BCUT2D eigenvalue weighted by atomic mass is 32.2. The second kappa shape index (κ2) is 5.17. The molecule has 0 spiro atoms. The molecule has 1 aliphatic heterocycles. The molecule has 1 nitrogen and oxygen atoms in total. The molecule has 2 aromatic carbocycles. The van der Waals surface area contributed by atoms with Crippen molar-refractivity contribution in [2.24, 2.45) is 0 Å². The van der Waals surface area contributed by atoms with Crippen LogP contribution in [-0.4, -0.2) is 6.61 Å². The second-order valence-electron chi connectivity index (χ2n) is 4.49. The Morgan fingerprint density at radius 3 is 2.17 bits per heavy atom. The minimum Gasteiger partial charge on any atom is -0.360 e. The van der Waals surface area contributed by atoms with Crippen LogP contribution < -0.4 is 0 Å². The lowest BCUT2D eigenvalue weighted by Crippen LogP contribution is -2.19. The first kappa shape index (κ1) is 11.8. The molecule has 0 aliphatic carbocycles. The number of rotatable bonds is 3. The fraction of sp³-hybridized carbons (Fsp3) is 0.250. The smallest absolute Gasteiger partial charge is 0.143 e. The maximum Gasteiger partial charge on any atom is 0.143 e. The highest BCUT2D eigenvalue weighted by Gasteiger charge is 2.37. The summed E-state index contributed by atoms with van der Waals surface area (Å²) < 4.78 is 6.09. The Morgan fingerprint density at radius 2 is 1.56 bits per heavy atom. The molecule has 18 heavy (non-hydrogen) atoms. The van der Waals surface area contributed by atoms with E-state index in [9.17, 15) is 0 Å². The molecule has 1 unspecified atom stereocenters. The molecule has 0 saturated carbocycles. The summed E-state index contributed by atoms with van der Waals surface area (Å²) in [6.07, 6.45) is 2.21. The lowest BCUT2D eigenvalue weighted by atomic mass is 10.1. The zero-order valence-corrected chi connectivity index (χ0v) is 11.0. The molecule has 1 atom stereocenters. The summed E-state index contributed by atoms with van der Waals surface area (Å²) in [5.41, 5.74) is 1.27. The lowest BCUT2D eigenvalue weighted by Gasteiger charge is -2.28. The van der Waals surface area contributed by atoms with Gasteiger partial charge in [-0.1, -0.05) is 60.3 Å². The van der Waals surface area contributed by atoms with Gasteiger partial charge in [0.15, 0.2) is 0 Å². The van der Waals surface area contributed by atoms with Gasteiger partial charge in [-0.25, -0.2) is 0 Å². The van der Waals surface area contributed by atoms with E-state index in [1.807, 2.05) is 11.8 Å². The number of hydrogen-bond acceptors (Lipinski definition) is 2. The third-order valence-corrected chi connectivity index (χ3v) is 4.62. The van der Waals surface area contributed by atoms with Crippen LogP contribution in [0.25, 0.3) is 0 Å². The Kier molecular flexibility index (Phi) is 3.39.